The van der Waals surface area contributed by atoms with Crippen LogP contribution in [0.1, 0.15) is 38.8 Å². The molecule has 1 aromatic rings. The highest BCUT2D eigenvalue weighted by Crippen LogP contribution is 2.05. The largest absolute Gasteiger partial charge is 0.481 e. The summed E-state index contributed by atoms with van der Waals surface area (Å²) in [7, 11) is 0. The third-order valence-electron chi connectivity index (χ3n) is 4.94. The summed E-state index contributed by atoms with van der Waals surface area (Å²) in [4.78, 5) is 78.3. The molecule has 0 bridgehead atoms. The lowest BCUT2D eigenvalue weighted by Gasteiger charge is -2.25. The maximum absolute atomic E-state index is 13.0. The molecule has 15 heteroatoms. The maximum Gasteiger partial charge on any atom is 0.326 e. The Labute approximate surface area is 200 Å². The second-order valence-electron chi connectivity index (χ2n) is 8.18. The number of imidazole rings is 1. The number of aromatic nitrogens is 2. The van der Waals surface area contributed by atoms with E-state index in [4.69, 9.17) is 11.5 Å². The van der Waals surface area contributed by atoms with Crippen LogP contribution >= 0.6 is 0 Å². The number of rotatable bonds is 15. The summed E-state index contributed by atoms with van der Waals surface area (Å²) in [6.07, 6.45) is 1.12. The molecule has 4 unspecified atom stereocenters. The fourth-order valence-electron chi connectivity index (χ4n) is 2.87. The average molecular weight is 498 g/mol. The Hall–Kier alpha value is -4.01. The second kappa shape index (κ2) is 13.6. The van der Waals surface area contributed by atoms with Gasteiger partial charge in [-0.3, -0.25) is 24.0 Å². The summed E-state index contributed by atoms with van der Waals surface area (Å²) >= 11 is 0. The molecule has 10 N–H and O–H groups in total. The zero-order valence-corrected chi connectivity index (χ0v) is 19.3. The van der Waals surface area contributed by atoms with E-state index in [0.717, 1.165) is 0 Å². The quantitative estimate of drug-likeness (QED) is 0.123. The van der Waals surface area contributed by atoms with Gasteiger partial charge in [0.2, 0.25) is 23.6 Å². The molecule has 4 atom stereocenters. The van der Waals surface area contributed by atoms with Gasteiger partial charge in [-0.05, 0) is 12.3 Å². The normalized spacial score (nSPS) is 14.3. The van der Waals surface area contributed by atoms with Crippen LogP contribution in [-0.2, 0) is 35.2 Å². The summed E-state index contributed by atoms with van der Waals surface area (Å²) < 4.78 is 0. The Balaban J connectivity index is 3.06. The molecule has 0 fully saturated rings. The number of carboxylic acids is 2. The number of H-pyrrole nitrogens is 1. The van der Waals surface area contributed by atoms with Crippen molar-refractivity contribution < 1.29 is 39.0 Å². The number of carboxylic acid groups (broad SMARTS) is 2. The van der Waals surface area contributed by atoms with E-state index in [2.05, 4.69) is 25.9 Å². The van der Waals surface area contributed by atoms with E-state index in [-0.39, 0.29) is 25.2 Å². The standard InChI is InChI=1S/C20H31N7O8/c1-9(2)16(22)19(33)27-12(5-10-7-23-8-24-10)17(31)26-13(6-15(29)30)18(32)25-11(20(34)35)3-4-14(21)28/h7-9,11-13,16H,3-6,22H2,1-2H3,(H2,21,28)(H,23,24)(H,25,32)(H,26,31)(H,27,33)(H,29,30)(H,34,35). The molecule has 1 heterocycles. The number of nitrogens with zero attached hydrogens (tertiary/aromatic N) is 1. The zero-order chi connectivity index (χ0) is 26.7. The molecule has 0 aliphatic carbocycles. The number of hydrogen-bond donors (Lipinski definition) is 8. The van der Waals surface area contributed by atoms with Gasteiger partial charge in [0.05, 0.1) is 18.8 Å². The molecule has 0 spiro atoms. The molecule has 0 saturated heterocycles. The van der Waals surface area contributed by atoms with Crippen molar-refractivity contribution in [2.45, 2.75) is 63.7 Å². The Morgan fingerprint density at radius 2 is 1.54 bits per heavy atom. The Bertz CT molecular complexity index is 919. The van der Waals surface area contributed by atoms with E-state index in [1.54, 1.807) is 13.8 Å². The zero-order valence-electron chi connectivity index (χ0n) is 19.3. The Morgan fingerprint density at radius 3 is 2.03 bits per heavy atom. The molecule has 1 aromatic heterocycles. The van der Waals surface area contributed by atoms with Crippen LogP contribution in [0.5, 0.6) is 0 Å². The van der Waals surface area contributed by atoms with E-state index in [1.165, 1.54) is 12.5 Å². The van der Waals surface area contributed by atoms with Gasteiger partial charge in [0.1, 0.15) is 18.1 Å². The number of nitrogens with one attached hydrogen (secondary N) is 4. The smallest absolute Gasteiger partial charge is 0.326 e. The highest BCUT2D eigenvalue weighted by atomic mass is 16.4. The van der Waals surface area contributed by atoms with Gasteiger partial charge in [-0.1, -0.05) is 13.8 Å². The van der Waals surface area contributed by atoms with Gasteiger partial charge in [-0.25, -0.2) is 9.78 Å². The number of primary amides is 1. The minimum atomic E-state index is -1.68. The summed E-state index contributed by atoms with van der Waals surface area (Å²) in [6, 6.07) is -5.43. The van der Waals surface area contributed by atoms with Gasteiger partial charge in [0.25, 0.3) is 0 Å². The lowest BCUT2D eigenvalue weighted by atomic mass is 10.0. The van der Waals surface area contributed by atoms with Crippen molar-refractivity contribution in [3.05, 3.63) is 18.2 Å². The predicted octanol–water partition coefficient (Wildman–Crippen LogP) is -2.79. The SMILES string of the molecule is CC(C)C(N)C(=O)NC(Cc1cnc[nH]1)C(=O)NC(CC(=O)O)C(=O)NC(CCC(N)=O)C(=O)O. The highest BCUT2D eigenvalue weighted by molar-refractivity contribution is 5.95. The van der Waals surface area contributed by atoms with Crippen molar-refractivity contribution in [3.8, 4) is 0 Å². The fourth-order valence-corrected chi connectivity index (χ4v) is 2.87. The van der Waals surface area contributed by atoms with Crippen molar-refractivity contribution in [1.29, 1.82) is 0 Å². The van der Waals surface area contributed by atoms with Crippen molar-refractivity contribution in [2.24, 2.45) is 17.4 Å². The number of amides is 4. The van der Waals surface area contributed by atoms with Crippen LogP contribution in [-0.4, -0.2) is 79.9 Å². The van der Waals surface area contributed by atoms with Crippen LogP contribution in [0, 0.1) is 5.92 Å². The number of aliphatic carboxylic acids is 2. The van der Waals surface area contributed by atoms with Gasteiger partial charge >= 0.3 is 11.9 Å². The van der Waals surface area contributed by atoms with Gasteiger partial charge < -0.3 is 42.6 Å². The Morgan fingerprint density at radius 1 is 0.971 bits per heavy atom. The molecular formula is C20H31N7O8. The van der Waals surface area contributed by atoms with E-state index >= 15 is 0 Å². The number of nitrogens with two attached hydrogens (primary N) is 2. The number of carbonyl (C=O) groups excluding carboxylic acids is 4. The van der Waals surface area contributed by atoms with Crippen molar-refractivity contribution >= 4 is 35.6 Å². The molecule has 0 aliphatic rings. The van der Waals surface area contributed by atoms with Crippen LogP contribution in [0.2, 0.25) is 0 Å². The lowest BCUT2D eigenvalue weighted by molar-refractivity contribution is -0.143. The molecule has 0 aliphatic heterocycles. The molecular weight excluding hydrogens is 466 g/mol. The van der Waals surface area contributed by atoms with Crippen LogP contribution < -0.4 is 27.4 Å². The summed E-state index contributed by atoms with van der Waals surface area (Å²) in [5, 5.41) is 25.3. The molecule has 194 valence electrons. The first-order valence-electron chi connectivity index (χ1n) is 10.7. The summed E-state index contributed by atoms with van der Waals surface area (Å²) in [5.74, 6) is -6.63. The van der Waals surface area contributed by atoms with Crippen LogP contribution in [0.15, 0.2) is 12.5 Å². The molecule has 4 amide bonds. The molecule has 0 saturated carbocycles. The molecule has 35 heavy (non-hydrogen) atoms. The first-order chi connectivity index (χ1) is 16.3. The monoisotopic (exact) mass is 497 g/mol. The number of hydrogen-bond acceptors (Lipinski definition) is 8. The van der Waals surface area contributed by atoms with Gasteiger partial charge in [0, 0.05) is 24.7 Å². The molecule has 0 radical (unpaired) electrons. The van der Waals surface area contributed by atoms with Crippen LogP contribution in [0.3, 0.4) is 0 Å². The van der Waals surface area contributed by atoms with Crippen molar-refractivity contribution in [1.82, 2.24) is 25.9 Å². The number of carbonyl (C=O) groups is 6. The van der Waals surface area contributed by atoms with Crippen molar-refractivity contribution in [3.63, 3.8) is 0 Å². The van der Waals surface area contributed by atoms with E-state index in [1.807, 2.05) is 0 Å². The van der Waals surface area contributed by atoms with E-state index in [0.29, 0.717) is 5.69 Å². The molecule has 0 aromatic carbocycles. The maximum atomic E-state index is 13.0. The summed E-state index contributed by atoms with van der Waals surface area (Å²) in [5.41, 5.74) is 11.3. The second-order valence-corrected chi connectivity index (χ2v) is 8.18. The van der Waals surface area contributed by atoms with Gasteiger partial charge in [0.15, 0.2) is 0 Å². The first kappa shape index (κ1) is 29.0. The highest BCUT2D eigenvalue weighted by Gasteiger charge is 2.32. The number of aromatic amines is 1. The van der Waals surface area contributed by atoms with E-state index < -0.39 is 66.2 Å². The summed E-state index contributed by atoms with van der Waals surface area (Å²) in [6.45, 7) is 3.41. The van der Waals surface area contributed by atoms with E-state index in [9.17, 15) is 39.0 Å². The van der Waals surface area contributed by atoms with Gasteiger partial charge in [-0.2, -0.15) is 0 Å². The predicted molar refractivity (Wildman–Crippen MR) is 119 cm³/mol. The van der Waals surface area contributed by atoms with Crippen LogP contribution in [0.25, 0.3) is 0 Å². The lowest BCUT2D eigenvalue weighted by Crippen LogP contribution is -2.58. The minimum Gasteiger partial charge on any atom is -0.481 e. The third kappa shape index (κ3) is 10.2. The minimum absolute atomic E-state index is 0.0832. The average Bonchev–Trinajstić information content (AvgIpc) is 3.27. The fraction of sp³-hybridized carbons (Fsp3) is 0.550. The molecule has 1 rings (SSSR count). The third-order valence-corrected chi connectivity index (χ3v) is 4.94. The molecule has 15 nitrogen and oxygen atoms in total. The topological polar surface area (TPSA) is 260 Å². The van der Waals surface area contributed by atoms with Crippen molar-refractivity contribution in [2.75, 3.05) is 0 Å². The Kier molecular flexibility index (Phi) is 11.3. The van der Waals surface area contributed by atoms with Gasteiger partial charge in [-0.15, -0.1) is 0 Å². The first-order valence-corrected chi connectivity index (χ1v) is 10.7. The van der Waals surface area contributed by atoms with Crippen LogP contribution in [0.4, 0.5) is 0 Å².